The fourth-order valence-corrected chi connectivity index (χ4v) is 5.44. The molecule has 1 saturated carbocycles. The van der Waals surface area contributed by atoms with E-state index in [1.165, 1.54) is 12.4 Å². The molecule has 2 aromatic carbocycles. The molecule has 1 fully saturated rings. The van der Waals surface area contributed by atoms with Gasteiger partial charge in [-0.3, -0.25) is 9.59 Å². The van der Waals surface area contributed by atoms with Gasteiger partial charge < -0.3 is 20.1 Å². The third-order valence-electron chi connectivity index (χ3n) is 7.74. The van der Waals surface area contributed by atoms with Crippen molar-refractivity contribution in [1.29, 1.82) is 0 Å². The number of esters is 1. The molecule has 2 heterocycles. The average molecular weight is 648 g/mol. The molecule has 246 valence electrons. The quantitative estimate of drug-likeness (QED) is 0.176. The molecular formula is C35H36F3N5O4. The van der Waals surface area contributed by atoms with Crippen LogP contribution < -0.4 is 15.4 Å². The van der Waals surface area contributed by atoms with E-state index >= 15 is 0 Å². The summed E-state index contributed by atoms with van der Waals surface area (Å²) in [5.41, 5.74) is 1.27. The highest BCUT2D eigenvalue weighted by Gasteiger charge is 2.37. The zero-order chi connectivity index (χ0) is 33.8. The highest BCUT2D eigenvalue weighted by molar-refractivity contribution is 6.05. The van der Waals surface area contributed by atoms with Crippen molar-refractivity contribution < 1.29 is 32.2 Å². The predicted molar refractivity (Wildman–Crippen MR) is 171 cm³/mol. The largest absolute Gasteiger partial charge is 0.493 e. The second kappa shape index (κ2) is 13.8. The van der Waals surface area contributed by atoms with Crippen molar-refractivity contribution in [3.63, 3.8) is 0 Å². The first-order valence-corrected chi connectivity index (χ1v) is 15.3. The molecular weight excluding hydrogens is 611 g/mol. The Morgan fingerprint density at radius 1 is 0.979 bits per heavy atom. The lowest BCUT2D eigenvalue weighted by molar-refractivity contribution is -0.161. The van der Waals surface area contributed by atoms with Crippen molar-refractivity contribution >= 4 is 29.1 Å². The van der Waals surface area contributed by atoms with Gasteiger partial charge in [-0.15, -0.1) is 0 Å². The maximum Gasteiger partial charge on any atom is 0.416 e. The summed E-state index contributed by atoms with van der Waals surface area (Å²) in [7, 11) is 0. The smallest absolute Gasteiger partial charge is 0.416 e. The van der Waals surface area contributed by atoms with Crippen LogP contribution in [-0.2, 0) is 15.7 Å². The molecule has 12 heteroatoms. The Bertz CT molecular complexity index is 1740. The number of carbonyl (C=O) groups excluding carboxylic acids is 2. The molecule has 1 aliphatic rings. The molecule has 2 aromatic heterocycles. The summed E-state index contributed by atoms with van der Waals surface area (Å²) in [6.07, 6.45) is 2.10. The number of benzene rings is 2. The number of hydrogen-bond acceptors (Lipinski definition) is 8. The van der Waals surface area contributed by atoms with E-state index in [0.717, 1.165) is 29.7 Å². The summed E-state index contributed by atoms with van der Waals surface area (Å²) in [5, 5.41) is 5.84. The molecule has 0 aliphatic heterocycles. The van der Waals surface area contributed by atoms with Gasteiger partial charge in [-0.1, -0.05) is 12.5 Å². The van der Waals surface area contributed by atoms with Crippen LogP contribution >= 0.6 is 0 Å². The third kappa shape index (κ3) is 8.63. The Morgan fingerprint density at radius 2 is 1.79 bits per heavy atom. The van der Waals surface area contributed by atoms with Crippen LogP contribution in [0.25, 0.3) is 11.3 Å². The number of nitrogens with one attached hydrogen (secondary N) is 2. The number of amides is 1. The summed E-state index contributed by atoms with van der Waals surface area (Å²) in [6.45, 7) is 7.25. The van der Waals surface area contributed by atoms with E-state index in [1.807, 2.05) is 13.0 Å². The molecule has 0 spiro atoms. The Kier molecular flexibility index (Phi) is 9.78. The molecule has 2 atom stereocenters. The van der Waals surface area contributed by atoms with Crippen LogP contribution in [0.1, 0.15) is 61.5 Å². The van der Waals surface area contributed by atoms with E-state index < -0.39 is 29.2 Å². The number of halogens is 3. The van der Waals surface area contributed by atoms with Gasteiger partial charge in [0, 0.05) is 46.9 Å². The van der Waals surface area contributed by atoms with Crippen molar-refractivity contribution in [2.45, 2.75) is 58.7 Å². The minimum Gasteiger partial charge on any atom is -0.493 e. The number of hydrogen-bond donors (Lipinski definition) is 2. The molecule has 9 nitrogen and oxygen atoms in total. The molecule has 5 rings (SSSR count). The standard InChI is InChI=1S/C35H36F3N5O4/c1-21-10-11-22(15-30(21)43-31-28(9-6-13-40-31)29-12-14-39-20-41-29)32(44)42-25-16-24(35(36,37)38)17-26(18-25)46-19-23-7-5-8-27(23)33(45)47-34(2,3)4/h6,9-18,20,23,27H,5,7-8,19H2,1-4H3,(H,40,43)(H,42,44)/t23-,27?/m0/s1. The number of aromatic nitrogens is 3. The first-order valence-electron chi connectivity index (χ1n) is 15.3. The van der Waals surface area contributed by atoms with Crippen LogP contribution in [0.2, 0.25) is 0 Å². The van der Waals surface area contributed by atoms with Crippen LogP contribution in [0.4, 0.5) is 30.4 Å². The van der Waals surface area contributed by atoms with Gasteiger partial charge in [0.1, 0.15) is 23.5 Å². The molecule has 0 saturated heterocycles. The van der Waals surface area contributed by atoms with Crippen molar-refractivity contribution in [2.24, 2.45) is 11.8 Å². The van der Waals surface area contributed by atoms with E-state index in [0.29, 0.717) is 30.0 Å². The van der Waals surface area contributed by atoms with E-state index in [1.54, 1.807) is 63.5 Å². The minimum absolute atomic E-state index is 0.0378. The highest BCUT2D eigenvalue weighted by Crippen LogP contribution is 2.37. The molecule has 0 radical (unpaired) electrons. The van der Waals surface area contributed by atoms with Gasteiger partial charge in [-0.2, -0.15) is 13.2 Å². The number of nitrogens with zero attached hydrogens (tertiary/aromatic N) is 3. The Labute approximate surface area is 271 Å². The van der Waals surface area contributed by atoms with Gasteiger partial charge in [0.25, 0.3) is 5.91 Å². The average Bonchev–Trinajstić information content (AvgIpc) is 3.49. The van der Waals surface area contributed by atoms with Crippen molar-refractivity contribution in [3.05, 3.63) is 90.0 Å². The normalized spacial score (nSPS) is 16.4. The number of ether oxygens (including phenoxy) is 2. The monoisotopic (exact) mass is 647 g/mol. The third-order valence-corrected chi connectivity index (χ3v) is 7.74. The first kappa shape index (κ1) is 33.4. The Hall–Kier alpha value is -5.00. The maximum absolute atomic E-state index is 13.9. The second-order valence-electron chi connectivity index (χ2n) is 12.5. The lowest BCUT2D eigenvalue weighted by Crippen LogP contribution is -2.32. The summed E-state index contributed by atoms with van der Waals surface area (Å²) >= 11 is 0. The number of alkyl halides is 3. The Morgan fingerprint density at radius 3 is 2.51 bits per heavy atom. The molecule has 4 aromatic rings. The zero-order valence-electron chi connectivity index (χ0n) is 26.5. The van der Waals surface area contributed by atoms with E-state index in [4.69, 9.17) is 9.47 Å². The Balaban J connectivity index is 1.33. The summed E-state index contributed by atoms with van der Waals surface area (Å²) < 4.78 is 53.0. The zero-order valence-corrected chi connectivity index (χ0v) is 26.5. The fraction of sp³-hybridized carbons (Fsp3) is 0.343. The summed E-state index contributed by atoms with van der Waals surface area (Å²) in [5.74, 6) is -1.11. The predicted octanol–water partition coefficient (Wildman–Crippen LogP) is 8.00. The molecule has 1 unspecified atom stereocenters. The minimum atomic E-state index is -4.68. The van der Waals surface area contributed by atoms with Crippen LogP contribution in [0.15, 0.2) is 73.3 Å². The molecule has 2 N–H and O–H groups in total. The van der Waals surface area contributed by atoms with Gasteiger partial charge in [0.05, 0.1) is 23.8 Å². The molecule has 1 aliphatic carbocycles. The summed E-state index contributed by atoms with van der Waals surface area (Å²) in [4.78, 5) is 38.7. The van der Waals surface area contributed by atoms with E-state index in [-0.39, 0.29) is 35.5 Å². The number of pyridine rings is 1. The van der Waals surface area contributed by atoms with E-state index in [2.05, 4.69) is 25.6 Å². The number of aryl methyl sites for hydroxylation is 1. The molecule has 1 amide bonds. The van der Waals surface area contributed by atoms with Crippen molar-refractivity contribution in [1.82, 2.24) is 15.0 Å². The second-order valence-corrected chi connectivity index (χ2v) is 12.5. The van der Waals surface area contributed by atoms with Gasteiger partial charge >= 0.3 is 12.1 Å². The van der Waals surface area contributed by atoms with Gasteiger partial charge in [-0.05, 0) is 88.6 Å². The van der Waals surface area contributed by atoms with Crippen LogP contribution in [0, 0.1) is 18.8 Å². The number of carbonyl (C=O) groups is 2. The van der Waals surface area contributed by atoms with E-state index in [9.17, 15) is 22.8 Å². The maximum atomic E-state index is 13.9. The molecule has 0 bridgehead atoms. The topological polar surface area (TPSA) is 115 Å². The number of rotatable bonds is 9. The summed E-state index contributed by atoms with van der Waals surface area (Å²) in [6, 6.07) is 13.4. The fourth-order valence-electron chi connectivity index (χ4n) is 5.44. The SMILES string of the molecule is Cc1ccc(C(=O)Nc2cc(OC[C@@H]3CCCC3C(=O)OC(C)(C)C)cc(C(F)(F)F)c2)cc1Nc1ncccc1-c1ccncn1. The van der Waals surface area contributed by atoms with Gasteiger partial charge in [0.2, 0.25) is 0 Å². The number of anilines is 3. The van der Waals surface area contributed by atoms with Gasteiger partial charge in [0.15, 0.2) is 0 Å². The van der Waals surface area contributed by atoms with Crippen LogP contribution in [0.5, 0.6) is 5.75 Å². The van der Waals surface area contributed by atoms with Gasteiger partial charge in [-0.25, -0.2) is 15.0 Å². The van der Waals surface area contributed by atoms with Crippen LogP contribution in [-0.4, -0.2) is 39.0 Å². The van der Waals surface area contributed by atoms with Crippen molar-refractivity contribution in [2.75, 3.05) is 17.2 Å². The van der Waals surface area contributed by atoms with Crippen LogP contribution in [0.3, 0.4) is 0 Å². The lowest BCUT2D eigenvalue weighted by Gasteiger charge is -2.25. The first-order chi connectivity index (χ1) is 22.3. The highest BCUT2D eigenvalue weighted by atomic mass is 19.4. The molecule has 47 heavy (non-hydrogen) atoms. The van der Waals surface area contributed by atoms with Crippen molar-refractivity contribution in [3.8, 4) is 17.0 Å². The lowest BCUT2D eigenvalue weighted by atomic mass is 9.96.